The average molecular weight is 608 g/mol. The van der Waals surface area contributed by atoms with E-state index in [4.69, 9.17) is 14.2 Å². The highest BCUT2D eigenvalue weighted by atomic mass is 32.2. The smallest absolute Gasteiger partial charge is 0.408 e. The monoisotopic (exact) mass is 607 g/mol. The number of alkyl carbamates (subject to hydrolysis) is 1. The van der Waals surface area contributed by atoms with Crippen molar-refractivity contribution in [2.75, 3.05) is 19.0 Å². The Hall–Kier alpha value is -4.12. The lowest BCUT2D eigenvalue weighted by molar-refractivity contribution is -0.153. The van der Waals surface area contributed by atoms with Gasteiger partial charge in [0.2, 0.25) is 21.7 Å². The van der Waals surface area contributed by atoms with E-state index in [-0.39, 0.29) is 32.3 Å². The number of ether oxygens (including phenoxy) is 3. The van der Waals surface area contributed by atoms with Crippen molar-refractivity contribution in [3.63, 3.8) is 0 Å². The minimum Gasteiger partial charge on any atom is -0.464 e. The largest absolute Gasteiger partial charge is 0.464 e. The van der Waals surface area contributed by atoms with Crippen LogP contribution in [-0.4, -0.2) is 81.0 Å². The average Bonchev–Trinajstić information content (AvgIpc) is 2.88. The number of benzene rings is 1. The second-order valence-corrected chi connectivity index (χ2v) is 12.1. The standard InChI is InChI=1S/C28H37N3O10S/c1-5-39-26(35)21-17-40-23(32)14-10-7-11-15-42(37,38)18-22(31-27(36)41-28(2,3)4)25(34)29-20(24(33)30-21)16-19-12-8-6-9-13-19/h6,8-9,12-13,20-22H,5,7,10,14,16-18H2,1-4H3,(H,29,34)(H,30,33)(H,31,36)/t20-,21-,22-/m0/s1. The van der Waals surface area contributed by atoms with Crippen LogP contribution in [0.5, 0.6) is 0 Å². The van der Waals surface area contributed by atoms with Gasteiger partial charge in [-0.25, -0.2) is 18.0 Å². The van der Waals surface area contributed by atoms with Crippen LogP contribution in [0.2, 0.25) is 0 Å². The number of hydrogen-bond donors (Lipinski definition) is 3. The molecule has 2 rings (SSSR count). The van der Waals surface area contributed by atoms with Gasteiger partial charge in [-0.05, 0) is 39.7 Å². The Balaban J connectivity index is 2.48. The molecular weight excluding hydrogens is 570 g/mol. The van der Waals surface area contributed by atoms with E-state index >= 15 is 0 Å². The Bertz CT molecular complexity index is 1300. The molecule has 230 valence electrons. The highest BCUT2D eigenvalue weighted by Gasteiger charge is 2.33. The molecule has 1 aromatic rings. The molecule has 3 N–H and O–H groups in total. The second kappa shape index (κ2) is 15.8. The summed E-state index contributed by atoms with van der Waals surface area (Å²) >= 11 is 0. The van der Waals surface area contributed by atoms with Gasteiger partial charge < -0.3 is 30.2 Å². The van der Waals surface area contributed by atoms with Crippen molar-refractivity contribution >= 4 is 39.7 Å². The Morgan fingerprint density at radius 1 is 1.10 bits per heavy atom. The molecule has 1 aliphatic rings. The van der Waals surface area contributed by atoms with Crippen molar-refractivity contribution in [2.24, 2.45) is 0 Å². The van der Waals surface area contributed by atoms with Gasteiger partial charge in [-0.1, -0.05) is 36.3 Å². The Kier molecular flexibility index (Phi) is 12.8. The summed E-state index contributed by atoms with van der Waals surface area (Å²) < 4.78 is 40.8. The van der Waals surface area contributed by atoms with Gasteiger partial charge in [0.25, 0.3) is 0 Å². The summed E-state index contributed by atoms with van der Waals surface area (Å²) in [5, 5.41) is 9.27. The molecule has 0 radical (unpaired) electrons. The van der Waals surface area contributed by atoms with Crippen molar-refractivity contribution in [1.29, 1.82) is 0 Å². The zero-order chi connectivity index (χ0) is 31.3. The molecule has 1 heterocycles. The topological polar surface area (TPSA) is 183 Å². The highest BCUT2D eigenvalue weighted by Crippen LogP contribution is 2.09. The third kappa shape index (κ3) is 12.6. The number of esters is 2. The SMILES string of the molecule is CCOC(=O)[C@@H]1COC(=O)CCCC#CS(=O)(=O)C[C@H](NC(=O)OC(C)(C)C)C(=O)N[C@@H](Cc2ccccc2)C(=O)N1. The van der Waals surface area contributed by atoms with E-state index < -0.39 is 75.8 Å². The molecule has 14 heteroatoms. The Morgan fingerprint density at radius 3 is 2.43 bits per heavy atom. The normalized spacial score (nSPS) is 22.1. The van der Waals surface area contributed by atoms with E-state index in [1.54, 1.807) is 58.0 Å². The lowest BCUT2D eigenvalue weighted by Gasteiger charge is -2.26. The summed E-state index contributed by atoms with van der Waals surface area (Å²) in [7, 11) is -4.23. The molecule has 0 bridgehead atoms. The lowest BCUT2D eigenvalue weighted by atomic mass is 10.0. The van der Waals surface area contributed by atoms with Crippen molar-refractivity contribution in [3.8, 4) is 11.2 Å². The fraction of sp³-hybridized carbons (Fsp3) is 0.536. The maximum atomic E-state index is 13.4. The maximum Gasteiger partial charge on any atom is 0.408 e. The maximum absolute atomic E-state index is 13.4. The van der Waals surface area contributed by atoms with Gasteiger partial charge in [-0.3, -0.25) is 14.4 Å². The van der Waals surface area contributed by atoms with Gasteiger partial charge >= 0.3 is 18.0 Å². The fourth-order valence-electron chi connectivity index (χ4n) is 3.64. The fourth-order valence-corrected chi connectivity index (χ4v) is 4.72. The van der Waals surface area contributed by atoms with E-state index in [9.17, 15) is 32.4 Å². The molecule has 42 heavy (non-hydrogen) atoms. The number of cyclic esters (lactones) is 1. The molecule has 0 unspecified atom stereocenters. The van der Waals surface area contributed by atoms with E-state index in [2.05, 4.69) is 27.1 Å². The van der Waals surface area contributed by atoms with E-state index in [0.717, 1.165) is 0 Å². The number of hydrogen-bond acceptors (Lipinski definition) is 10. The van der Waals surface area contributed by atoms with E-state index in [0.29, 0.717) is 5.56 Å². The second-order valence-electron chi connectivity index (χ2n) is 10.4. The minimum atomic E-state index is -4.23. The number of nitrogens with one attached hydrogen (secondary N) is 3. The quantitative estimate of drug-likeness (QED) is 0.187. The number of amides is 3. The first-order valence-electron chi connectivity index (χ1n) is 13.4. The molecule has 0 spiro atoms. The summed E-state index contributed by atoms with van der Waals surface area (Å²) in [5.41, 5.74) is -0.328. The number of sulfone groups is 1. The van der Waals surface area contributed by atoms with Crippen LogP contribution in [0.25, 0.3) is 0 Å². The van der Waals surface area contributed by atoms with Crippen molar-refractivity contribution in [3.05, 3.63) is 35.9 Å². The molecule has 0 fully saturated rings. The van der Waals surface area contributed by atoms with Crippen LogP contribution >= 0.6 is 0 Å². The first-order valence-corrected chi connectivity index (χ1v) is 15.0. The molecule has 1 aromatic carbocycles. The van der Waals surface area contributed by atoms with Gasteiger partial charge in [0.15, 0.2) is 6.04 Å². The summed E-state index contributed by atoms with van der Waals surface area (Å²) in [6, 6.07) is 4.15. The van der Waals surface area contributed by atoms with Crippen LogP contribution in [0.1, 0.15) is 52.5 Å². The number of carbonyl (C=O) groups is 5. The van der Waals surface area contributed by atoms with Crippen molar-refractivity contribution < 1.29 is 46.6 Å². The van der Waals surface area contributed by atoms with Crippen LogP contribution in [-0.2, 0) is 49.6 Å². The zero-order valence-corrected chi connectivity index (χ0v) is 24.9. The molecular formula is C28H37N3O10S. The van der Waals surface area contributed by atoms with Crippen molar-refractivity contribution in [1.82, 2.24) is 16.0 Å². The van der Waals surface area contributed by atoms with Crippen LogP contribution < -0.4 is 16.0 Å². The van der Waals surface area contributed by atoms with Crippen molar-refractivity contribution in [2.45, 2.75) is 77.1 Å². The molecule has 0 aromatic heterocycles. The van der Waals surface area contributed by atoms with Gasteiger partial charge in [0, 0.05) is 24.5 Å². The van der Waals surface area contributed by atoms with Crippen LogP contribution in [0.15, 0.2) is 30.3 Å². The molecule has 0 aliphatic carbocycles. The molecule has 0 saturated heterocycles. The third-order valence-electron chi connectivity index (χ3n) is 5.52. The van der Waals surface area contributed by atoms with Gasteiger partial charge in [-0.2, -0.15) is 0 Å². The Labute approximate surface area is 245 Å². The predicted octanol–water partition coefficient (Wildman–Crippen LogP) is 0.758. The first kappa shape index (κ1) is 34.1. The summed E-state index contributed by atoms with van der Waals surface area (Å²) in [6.45, 7) is 5.80. The lowest BCUT2D eigenvalue weighted by Crippen LogP contribution is -2.58. The minimum absolute atomic E-state index is 0.00547. The summed E-state index contributed by atoms with van der Waals surface area (Å²) in [6.07, 6.45) is -1.09. The van der Waals surface area contributed by atoms with E-state index in [1.807, 2.05) is 0 Å². The molecule has 13 nitrogen and oxygen atoms in total. The summed E-state index contributed by atoms with van der Waals surface area (Å²) in [4.78, 5) is 64.1. The Morgan fingerprint density at radius 2 is 1.79 bits per heavy atom. The molecule has 1 aliphatic heterocycles. The van der Waals surface area contributed by atoms with Crippen LogP contribution in [0.4, 0.5) is 4.79 Å². The zero-order valence-electron chi connectivity index (χ0n) is 24.1. The first-order chi connectivity index (χ1) is 19.7. The summed E-state index contributed by atoms with van der Waals surface area (Å²) in [5.74, 6) is -1.87. The molecule has 3 amide bonds. The highest BCUT2D eigenvalue weighted by molar-refractivity contribution is 7.96. The van der Waals surface area contributed by atoms with Gasteiger partial charge in [-0.15, -0.1) is 0 Å². The van der Waals surface area contributed by atoms with Crippen LogP contribution in [0, 0.1) is 11.2 Å². The van der Waals surface area contributed by atoms with Gasteiger partial charge in [0.05, 0.1) is 12.4 Å². The third-order valence-corrected chi connectivity index (χ3v) is 6.75. The van der Waals surface area contributed by atoms with Gasteiger partial charge in [0.1, 0.15) is 24.3 Å². The predicted molar refractivity (Wildman–Crippen MR) is 150 cm³/mol. The molecule has 3 atom stereocenters. The molecule has 0 saturated carbocycles. The number of carbonyl (C=O) groups excluding carboxylic acids is 5. The van der Waals surface area contributed by atoms with E-state index in [1.165, 1.54) is 0 Å². The van der Waals surface area contributed by atoms with Crippen LogP contribution in [0.3, 0.4) is 0 Å². The number of rotatable bonds is 5.